The van der Waals surface area contributed by atoms with E-state index in [1.54, 1.807) is 0 Å². The van der Waals surface area contributed by atoms with Gasteiger partial charge in [-0.3, -0.25) is 0 Å². The Balaban J connectivity index is 0.00000121. The van der Waals surface area contributed by atoms with Gasteiger partial charge >= 0.3 is 29.6 Å². The largest absolute Gasteiger partial charge is 1.00 e. The van der Waals surface area contributed by atoms with Crippen LogP contribution in [0, 0.1) is 5.95 Å². The van der Waals surface area contributed by atoms with E-state index in [1.807, 2.05) is 0 Å². The Morgan fingerprint density at radius 1 is 1.67 bits per heavy atom. The number of halogens is 1. The summed E-state index contributed by atoms with van der Waals surface area (Å²) in [6.45, 7) is 0. The van der Waals surface area contributed by atoms with Crippen molar-refractivity contribution in [2.45, 2.75) is 6.42 Å². The van der Waals surface area contributed by atoms with Crippen molar-refractivity contribution in [2.24, 2.45) is 0 Å². The number of carbonyl (C=O) groups is 1. The minimum atomic E-state index is -1.23. The molecule has 58 valence electrons. The van der Waals surface area contributed by atoms with E-state index in [9.17, 15) is 14.3 Å². The zero-order chi connectivity index (χ0) is 8.27. The van der Waals surface area contributed by atoms with Crippen LogP contribution in [0.2, 0.25) is 0 Å². The predicted octanol–water partition coefficient (Wildman–Crippen LogP) is -3.48. The van der Waals surface area contributed by atoms with Gasteiger partial charge in [0.1, 0.15) is 0 Å². The van der Waals surface area contributed by atoms with Crippen molar-refractivity contribution in [1.29, 1.82) is 0 Å². The number of hydrogen-bond donors (Lipinski definition) is 0. The first-order valence-electron chi connectivity index (χ1n) is 2.99. The van der Waals surface area contributed by atoms with Gasteiger partial charge in [-0.1, -0.05) is 0 Å². The number of aromatic nitrogens is 1. The van der Waals surface area contributed by atoms with E-state index >= 15 is 0 Å². The molecule has 0 aliphatic heterocycles. The summed E-state index contributed by atoms with van der Waals surface area (Å²) in [5, 5.41) is 10.0. The molecule has 5 heteroatoms. The second kappa shape index (κ2) is 5.24. The molecule has 0 aromatic carbocycles. The van der Waals surface area contributed by atoms with Crippen molar-refractivity contribution in [3.8, 4) is 0 Å². The van der Waals surface area contributed by atoms with Crippen molar-refractivity contribution in [3.63, 3.8) is 0 Å². The third-order valence-electron chi connectivity index (χ3n) is 1.14. The molecule has 0 amide bonds. The summed E-state index contributed by atoms with van der Waals surface area (Å²) in [6.07, 6.45) is 0.938. The number of rotatable bonds is 2. The van der Waals surface area contributed by atoms with Crippen LogP contribution in [0.25, 0.3) is 0 Å². The summed E-state index contributed by atoms with van der Waals surface area (Å²) >= 11 is 0. The van der Waals surface area contributed by atoms with Crippen molar-refractivity contribution < 1.29 is 43.8 Å². The SMILES string of the molecule is O=C([O-])Cc1ccnc(F)c1.[Na+]. The number of carbonyl (C=O) groups excluding carboxylic acids is 1. The van der Waals surface area contributed by atoms with Gasteiger partial charge in [-0.05, 0) is 17.7 Å². The molecule has 12 heavy (non-hydrogen) atoms. The Labute approximate surface area is 90.9 Å². The fourth-order valence-electron chi connectivity index (χ4n) is 0.719. The number of carboxylic acid groups (broad SMARTS) is 1. The van der Waals surface area contributed by atoms with Gasteiger partial charge in [-0.25, -0.2) is 4.98 Å². The maximum absolute atomic E-state index is 12.3. The minimum absolute atomic E-state index is 0. The molecule has 3 nitrogen and oxygen atoms in total. The number of aliphatic carboxylic acids is 1. The van der Waals surface area contributed by atoms with E-state index in [0.29, 0.717) is 5.56 Å². The monoisotopic (exact) mass is 177 g/mol. The summed E-state index contributed by atoms with van der Waals surface area (Å²) in [4.78, 5) is 13.3. The number of nitrogens with zero attached hydrogens (tertiary/aromatic N) is 1. The second-order valence-electron chi connectivity index (χ2n) is 2.04. The molecule has 0 unspecified atom stereocenters. The summed E-state index contributed by atoms with van der Waals surface area (Å²) in [5.74, 6) is -1.90. The first-order valence-corrected chi connectivity index (χ1v) is 2.99. The number of carboxylic acids is 1. The van der Waals surface area contributed by atoms with Crippen LogP contribution in [0.1, 0.15) is 5.56 Å². The van der Waals surface area contributed by atoms with Crippen LogP contribution in [0.15, 0.2) is 18.3 Å². The molecule has 0 bridgehead atoms. The van der Waals surface area contributed by atoms with Crippen molar-refractivity contribution in [1.82, 2.24) is 4.98 Å². The first kappa shape index (κ1) is 11.6. The molecule has 1 aromatic heterocycles. The maximum atomic E-state index is 12.3. The first-order chi connectivity index (χ1) is 5.18. The average molecular weight is 177 g/mol. The van der Waals surface area contributed by atoms with Gasteiger partial charge in [0.05, 0.1) is 0 Å². The third-order valence-corrected chi connectivity index (χ3v) is 1.14. The zero-order valence-electron chi connectivity index (χ0n) is 6.58. The van der Waals surface area contributed by atoms with Gasteiger partial charge < -0.3 is 9.90 Å². The molecule has 0 aliphatic rings. The van der Waals surface area contributed by atoms with Crippen LogP contribution in [0.4, 0.5) is 4.39 Å². The van der Waals surface area contributed by atoms with E-state index in [-0.39, 0.29) is 36.0 Å². The number of hydrogen-bond acceptors (Lipinski definition) is 3. The molecule has 1 heterocycles. The molecule has 1 rings (SSSR count). The Hall–Kier alpha value is -0.450. The molecular weight excluding hydrogens is 172 g/mol. The van der Waals surface area contributed by atoms with Gasteiger partial charge in [-0.2, -0.15) is 4.39 Å². The molecule has 0 fully saturated rings. The molecule has 0 radical (unpaired) electrons. The van der Waals surface area contributed by atoms with Crippen LogP contribution in [0.3, 0.4) is 0 Å². The summed E-state index contributed by atoms with van der Waals surface area (Å²) in [7, 11) is 0. The van der Waals surface area contributed by atoms with Gasteiger partial charge in [0.15, 0.2) is 0 Å². The standard InChI is InChI=1S/C7H6FNO2.Na/c8-6-3-5(1-2-9-6)4-7(10)11;/h1-3H,4H2,(H,10,11);/q;+1/p-1. The molecule has 0 spiro atoms. The predicted molar refractivity (Wildman–Crippen MR) is 32.9 cm³/mol. The van der Waals surface area contributed by atoms with Crippen LogP contribution in [0.5, 0.6) is 0 Å². The van der Waals surface area contributed by atoms with Crippen LogP contribution in [-0.2, 0) is 11.2 Å². The quantitative estimate of drug-likeness (QED) is 0.348. The fraction of sp³-hybridized carbons (Fsp3) is 0.143. The normalized spacial score (nSPS) is 8.75. The Morgan fingerprint density at radius 3 is 2.83 bits per heavy atom. The smallest absolute Gasteiger partial charge is 0.550 e. The number of pyridine rings is 1. The fourth-order valence-corrected chi connectivity index (χ4v) is 0.719. The van der Waals surface area contributed by atoms with Crippen LogP contribution < -0.4 is 34.7 Å². The second-order valence-corrected chi connectivity index (χ2v) is 2.04. The van der Waals surface area contributed by atoms with E-state index < -0.39 is 11.9 Å². The Kier molecular flexibility index (Phi) is 5.04. The molecular formula is C7H5FNNaO2. The van der Waals surface area contributed by atoms with Crippen molar-refractivity contribution in [3.05, 3.63) is 29.8 Å². The van der Waals surface area contributed by atoms with E-state index in [0.717, 1.165) is 6.07 Å². The van der Waals surface area contributed by atoms with E-state index in [4.69, 9.17) is 0 Å². The van der Waals surface area contributed by atoms with Gasteiger partial charge in [-0.15, -0.1) is 0 Å². The van der Waals surface area contributed by atoms with Crippen LogP contribution in [-0.4, -0.2) is 11.0 Å². The third kappa shape index (κ3) is 3.80. The summed E-state index contributed by atoms with van der Waals surface area (Å²) in [5.41, 5.74) is 0.359. The topological polar surface area (TPSA) is 53.0 Å². The van der Waals surface area contributed by atoms with Gasteiger partial charge in [0, 0.05) is 18.6 Å². The van der Waals surface area contributed by atoms with Crippen LogP contribution >= 0.6 is 0 Å². The zero-order valence-corrected chi connectivity index (χ0v) is 8.58. The summed E-state index contributed by atoms with van der Waals surface area (Å²) in [6, 6.07) is 2.49. The molecule has 0 atom stereocenters. The molecule has 0 saturated carbocycles. The van der Waals surface area contributed by atoms with Crippen molar-refractivity contribution in [2.75, 3.05) is 0 Å². The molecule has 1 aromatic rings. The average Bonchev–Trinajstić information content (AvgIpc) is 1.85. The molecule has 0 aliphatic carbocycles. The Bertz CT molecular complexity index is 280. The molecule has 0 N–H and O–H groups in total. The molecule has 0 saturated heterocycles. The maximum Gasteiger partial charge on any atom is 1.00 e. The summed E-state index contributed by atoms with van der Waals surface area (Å²) < 4.78 is 12.3. The van der Waals surface area contributed by atoms with Crippen molar-refractivity contribution >= 4 is 5.97 Å². The van der Waals surface area contributed by atoms with E-state index in [1.165, 1.54) is 12.3 Å². The van der Waals surface area contributed by atoms with Gasteiger partial charge in [0.25, 0.3) is 0 Å². The minimum Gasteiger partial charge on any atom is -0.550 e. The Morgan fingerprint density at radius 2 is 2.33 bits per heavy atom. The van der Waals surface area contributed by atoms with E-state index in [2.05, 4.69) is 4.98 Å². The van der Waals surface area contributed by atoms with Gasteiger partial charge in [0.2, 0.25) is 5.95 Å².